The zero-order valence-electron chi connectivity index (χ0n) is 20.9. The highest BCUT2D eigenvalue weighted by molar-refractivity contribution is 5.98. The quantitative estimate of drug-likeness (QED) is 0.423. The molecule has 0 aliphatic carbocycles. The van der Waals surface area contributed by atoms with E-state index in [1.165, 1.54) is 0 Å². The zero-order chi connectivity index (χ0) is 25.1. The van der Waals surface area contributed by atoms with Crippen molar-refractivity contribution >= 4 is 16.8 Å². The molecule has 0 radical (unpaired) electrons. The molecule has 8 heteroatoms. The number of methoxy groups -OCH3 is 1. The summed E-state index contributed by atoms with van der Waals surface area (Å²) in [5, 5.41) is 7.95. The number of amides is 1. The molecule has 1 amide bonds. The first-order valence-corrected chi connectivity index (χ1v) is 11.8. The molecule has 0 saturated carbocycles. The van der Waals surface area contributed by atoms with Gasteiger partial charge < -0.3 is 14.6 Å². The number of rotatable bonds is 8. The van der Waals surface area contributed by atoms with Crippen LogP contribution in [0.2, 0.25) is 0 Å². The molecule has 3 heterocycles. The minimum atomic E-state index is -0.236. The van der Waals surface area contributed by atoms with Crippen molar-refractivity contribution in [3.05, 3.63) is 86.7 Å². The Hall–Kier alpha value is -3.94. The lowest BCUT2D eigenvalue weighted by Gasteiger charge is -2.11. The Morgan fingerprint density at radius 1 is 1.09 bits per heavy atom. The highest BCUT2D eigenvalue weighted by Gasteiger charge is 2.15. The smallest absolute Gasteiger partial charge is 0.260 e. The fourth-order valence-corrected chi connectivity index (χ4v) is 4.39. The van der Waals surface area contributed by atoms with Crippen LogP contribution in [0, 0.1) is 20.8 Å². The highest BCUT2D eigenvalue weighted by Crippen LogP contribution is 2.16. The summed E-state index contributed by atoms with van der Waals surface area (Å²) in [6, 6.07) is 11.1. The average Bonchev–Trinajstić information content (AvgIpc) is 3.13. The third-order valence-corrected chi connectivity index (χ3v) is 6.39. The van der Waals surface area contributed by atoms with E-state index in [2.05, 4.69) is 29.2 Å². The van der Waals surface area contributed by atoms with Gasteiger partial charge in [-0.1, -0.05) is 12.1 Å². The molecular formula is C27H31N5O3. The summed E-state index contributed by atoms with van der Waals surface area (Å²) >= 11 is 0. The Labute approximate surface area is 204 Å². The standard InChI is InChI=1S/C27H31N5O3/c1-6-32-19(4)22(18(3)30-32)11-13-28-26(33)23-15-24-25(29-17(23)2)12-14-31(27(24)34)16-20-7-9-21(35-5)10-8-20/h7-10,12,14-15H,6,11,13,16H2,1-5H3,(H,28,33). The van der Waals surface area contributed by atoms with E-state index in [0.717, 1.165) is 34.8 Å². The highest BCUT2D eigenvalue weighted by atomic mass is 16.5. The van der Waals surface area contributed by atoms with Gasteiger partial charge in [0.2, 0.25) is 0 Å². The van der Waals surface area contributed by atoms with Crippen molar-refractivity contribution in [2.24, 2.45) is 0 Å². The molecule has 182 valence electrons. The fourth-order valence-electron chi connectivity index (χ4n) is 4.39. The summed E-state index contributed by atoms with van der Waals surface area (Å²) in [7, 11) is 1.62. The number of nitrogens with zero attached hydrogens (tertiary/aromatic N) is 4. The van der Waals surface area contributed by atoms with Crippen LogP contribution in [0.5, 0.6) is 5.75 Å². The third-order valence-electron chi connectivity index (χ3n) is 6.39. The first kappa shape index (κ1) is 24.2. The molecule has 0 saturated heterocycles. The van der Waals surface area contributed by atoms with Gasteiger partial charge in [-0.2, -0.15) is 5.10 Å². The van der Waals surface area contributed by atoms with Gasteiger partial charge in [0.1, 0.15) is 5.75 Å². The van der Waals surface area contributed by atoms with Crippen molar-refractivity contribution in [1.82, 2.24) is 24.6 Å². The number of ether oxygens (including phenoxy) is 1. The minimum Gasteiger partial charge on any atom is -0.497 e. The molecule has 8 nitrogen and oxygen atoms in total. The Morgan fingerprint density at radius 3 is 2.49 bits per heavy atom. The molecule has 0 atom stereocenters. The van der Waals surface area contributed by atoms with Gasteiger partial charge in [-0.15, -0.1) is 0 Å². The van der Waals surface area contributed by atoms with Crippen LogP contribution in [0.3, 0.4) is 0 Å². The second-order valence-electron chi connectivity index (χ2n) is 8.62. The van der Waals surface area contributed by atoms with Gasteiger partial charge >= 0.3 is 0 Å². The van der Waals surface area contributed by atoms with Gasteiger partial charge in [0, 0.05) is 25.0 Å². The Morgan fingerprint density at radius 2 is 1.83 bits per heavy atom. The maximum Gasteiger partial charge on any atom is 0.260 e. The molecule has 4 aromatic rings. The number of fused-ring (bicyclic) bond motifs is 1. The lowest BCUT2D eigenvalue weighted by molar-refractivity contribution is 0.0953. The van der Waals surface area contributed by atoms with Gasteiger partial charge in [0.15, 0.2) is 0 Å². The topological polar surface area (TPSA) is 91.0 Å². The fraction of sp³-hybridized carbons (Fsp3) is 0.333. The number of hydrogen-bond acceptors (Lipinski definition) is 5. The van der Waals surface area contributed by atoms with Crippen molar-refractivity contribution in [3.8, 4) is 5.75 Å². The van der Waals surface area contributed by atoms with E-state index in [-0.39, 0.29) is 11.5 Å². The molecule has 0 bridgehead atoms. The van der Waals surface area contributed by atoms with Crippen LogP contribution >= 0.6 is 0 Å². The maximum atomic E-state index is 13.2. The molecule has 0 spiro atoms. The van der Waals surface area contributed by atoms with Crippen LogP contribution < -0.4 is 15.6 Å². The Bertz CT molecular complexity index is 1430. The third kappa shape index (κ3) is 4.96. The molecule has 3 aromatic heterocycles. The monoisotopic (exact) mass is 473 g/mol. The van der Waals surface area contributed by atoms with Crippen LogP contribution in [0.25, 0.3) is 10.9 Å². The van der Waals surface area contributed by atoms with Crippen molar-refractivity contribution in [2.75, 3.05) is 13.7 Å². The van der Waals surface area contributed by atoms with E-state index in [4.69, 9.17) is 4.74 Å². The SMILES string of the molecule is CCn1nc(C)c(CCNC(=O)c2cc3c(=O)n(Cc4ccc(OC)cc4)ccc3nc2C)c1C. The van der Waals surface area contributed by atoms with E-state index < -0.39 is 0 Å². The van der Waals surface area contributed by atoms with E-state index >= 15 is 0 Å². The van der Waals surface area contributed by atoms with Gasteiger partial charge in [0.25, 0.3) is 11.5 Å². The van der Waals surface area contributed by atoms with E-state index in [0.29, 0.717) is 41.7 Å². The van der Waals surface area contributed by atoms with Crippen LogP contribution in [0.1, 0.15) is 45.5 Å². The lowest BCUT2D eigenvalue weighted by atomic mass is 10.1. The molecular weight excluding hydrogens is 442 g/mol. The number of hydrogen-bond donors (Lipinski definition) is 1. The van der Waals surface area contributed by atoms with Crippen LogP contribution in [-0.4, -0.2) is 38.9 Å². The summed E-state index contributed by atoms with van der Waals surface area (Å²) in [5.74, 6) is 0.527. The predicted octanol–water partition coefficient (Wildman–Crippen LogP) is 3.57. The second kappa shape index (κ2) is 10.1. The van der Waals surface area contributed by atoms with Crippen molar-refractivity contribution < 1.29 is 9.53 Å². The van der Waals surface area contributed by atoms with E-state index in [1.807, 2.05) is 41.9 Å². The first-order valence-electron chi connectivity index (χ1n) is 11.8. The van der Waals surface area contributed by atoms with E-state index in [1.54, 1.807) is 30.9 Å². The first-order chi connectivity index (χ1) is 16.8. The Balaban J connectivity index is 1.54. The predicted molar refractivity (Wildman–Crippen MR) is 136 cm³/mol. The number of pyridine rings is 2. The van der Waals surface area contributed by atoms with E-state index in [9.17, 15) is 9.59 Å². The summed E-state index contributed by atoms with van der Waals surface area (Å²) in [6.07, 6.45) is 2.43. The number of carbonyl (C=O) groups is 1. The summed E-state index contributed by atoms with van der Waals surface area (Å²) in [4.78, 5) is 30.7. The summed E-state index contributed by atoms with van der Waals surface area (Å²) in [6.45, 7) is 9.60. The molecule has 1 N–H and O–H groups in total. The van der Waals surface area contributed by atoms with Gasteiger partial charge in [0.05, 0.1) is 41.5 Å². The van der Waals surface area contributed by atoms with Crippen LogP contribution in [0.4, 0.5) is 0 Å². The zero-order valence-corrected chi connectivity index (χ0v) is 20.9. The Kier molecular flexibility index (Phi) is 7.00. The second-order valence-corrected chi connectivity index (χ2v) is 8.62. The molecule has 1 aromatic carbocycles. The molecule has 0 aliphatic heterocycles. The minimum absolute atomic E-state index is 0.182. The van der Waals surface area contributed by atoms with Crippen molar-refractivity contribution in [3.63, 3.8) is 0 Å². The largest absolute Gasteiger partial charge is 0.497 e. The number of benzene rings is 1. The van der Waals surface area contributed by atoms with Crippen molar-refractivity contribution in [1.29, 1.82) is 0 Å². The van der Waals surface area contributed by atoms with Crippen LogP contribution in [-0.2, 0) is 19.5 Å². The number of aryl methyl sites for hydroxylation is 3. The molecule has 35 heavy (non-hydrogen) atoms. The van der Waals surface area contributed by atoms with Crippen molar-refractivity contribution in [2.45, 2.75) is 47.2 Å². The number of aromatic nitrogens is 4. The molecule has 0 unspecified atom stereocenters. The number of carbonyl (C=O) groups excluding carboxylic acids is 1. The molecule has 4 rings (SSSR count). The molecule has 0 aliphatic rings. The van der Waals surface area contributed by atoms with Gasteiger partial charge in [-0.25, -0.2) is 0 Å². The van der Waals surface area contributed by atoms with Gasteiger partial charge in [-0.3, -0.25) is 19.3 Å². The van der Waals surface area contributed by atoms with Gasteiger partial charge in [-0.05, 0) is 69.5 Å². The lowest BCUT2D eigenvalue weighted by Crippen LogP contribution is -2.27. The summed E-state index contributed by atoms with van der Waals surface area (Å²) in [5.41, 5.74) is 5.64. The number of nitrogens with one attached hydrogen (secondary N) is 1. The molecule has 0 fully saturated rings. The summed E-state index contributed by atoms with van der Waals surface area (Å²) < 4.78 is 8.80. The average molecular weight is 474 g/mol. The van der Waals surface area contributed by atoms with Crippen LogP contribution in [0.15, 0.2) is 47.4 Å². The normalized spacial score (nSPS) is 11.1. The maximum absolute atomic E-state index is 13.2.